The largest absolute Gasteiger partial charge is 0.392 e. The number of nitrogens with one attached hydrogen (secondary N) is 1. The summed E-state index contributed by atoms with van der Waals surface area (Å²) in [6.45, 7) is 3.27. The van der Waals surface area contributed by atoms with Gasteiger partial charge in [0.05, 0.1) is 6.61 Å². The molecule has 17 heavy (non-hydrogen) atoms. The van der Waals surface area contributed by atoms with Gasteiger partial charge in [0.15, 0.2) is 0 Å². The van der Waals surface area contributed by atoms with Crippen molar-refractivity contribution >= 4 is 0 Å². The number of aliphatic hydroxyl groups excluding tert-OH is 1. The van der Waals surface area contributed by atoms with Crippen molar-refractivity contribution < 1.29 is 5.11 Å². The van der Waals surface area contributed by atoms with Gasteiger partial charge in [0.1, 0.15) is 0 Å². The SMILES string of the molecule is CCCC(NCc1ccccc1CO)C1CC1. The highest BCUT2D eigenvalue weighted by Crippen LogP contribution is 2.34. The molecule has 2 heteroatoms. The Morgan fingerprint density at radius 3 is 2.59 bits per heavy atom. The van der Waals surface area contributed by atoms with Gasteiger partial charge in [-0.3, -0.25) is 0 Å². The van der Waals surface area contributed by atoms with Gasteiger partial charge < -0.3 is 10.4 Å². The maximum Gasteiger partial charge on any atom is 0.0685 e. The number of hydrogen-bond donors (Lipinski definition) is 2. The first-order valence-corrected chi connectivity index (χ1v) is 6.76. The third-order valence-corrected chi connectivity index (χ3v) is 3.63. The van der Waals surface area contributed by atoms with E-state index in [9.17, 15) is 5.11 Å². The summed E-state index contributed by atoms with van der Waals surface area (Å²) in [4.78, 5) is 0. The lowest BCUT2D eigenvalue weighted by atomic mass is 10.0. The quantitative estimate of drug-likeness (QED) is 0.759. The number of rotatable bonds is 7. The summed E-state index contributed by atoms with van der Waals surface area (Å²) in [7, 11) is 0. The lowest BCUT2D eigenvalue weighted by Gasteiger charge is -2.18. The first kappa shape index (κ1) is 12.6. The van der Waals surface area contributed by atoms with E-state index in [4.69, 9.17) is 0 Å². The molecule has 1 fully saturated rings. The average molecular weight is 233 g/mol. The third-order valence-electron chi connectivity index (χ3n) is 3.63. The van der Waals surface area contributed by atoms with E-state index in [2.05, 4.69) is 18.3 Å². The van der Waals surface area contributed by atoms with Crippen LogP contribution in [0.15, 0.2) is 24.3 Å². The van der Waals surface area contributed by atoms with Gasteiger partial charge in [-0.05, 0) is 36.3 Å². The molecule has 0 heterocycles. The highest BCUT2D eigenvalue weighted by atomic mass is 16.3. The van der Waals surface area contributed by atoms with Crippen LogP contribution in [0.4, 0.5) is 0 Å². The summed E-state index contributed by atoms with van der Waals surface area (Å²) >= 11 is 0. The van der Waals surface area contributed by atoms with Crippen LogP contribution in [0.25, 0.3) is 0 Å². The second kappa shape index (κ2) is 6.18. The Balaban J connectivity index is 1.91. The minimum Gasteiger partial charge on any atom is -0.392 e. The second-order valence-corrected chi connectivity index (χ2v) is 5.04. The Morgan fingerprint density at radius 2 is 2.00 bits per heavy atom. The van der Waals surface area contributed by atoms with Gasteiger partial charge in [0, 0.05) is 12.6 Å². The minimum absolute atomic E-state index is 0.139. The lowest BCUT2D eigenvalue weighted by Crippen LogP contribution is -2.30. The van der Waals surface area contributed by atoms with Gasteiger partial charge >= 0.3 is 0 Å². The fourth-order valence-corrected chi connectivity index (χ4v) is 2.44. The Labute approximate surface area is 104 Å². The zero-order valence-corrected chi connectivity index (χ0v) is 10.7. The summed E-state index contributed by atoms with van der Waals surface area (Å²) in [5.41, 5.74) is 2.28. The standard InChI is InChI=1S/C15H23NO/c1-2-5-15(12-8-9-12)16-10-13-6-3-4-7-14(13)11-17/h3-4,6-7,12,15-17H,2,5,8-11H2,1H3. The maximum absolute atomic E-state index is 9.28. The molecule has 1 unspecified atom stereocenters. The van der Waals surface area contributed by atoms with Gasteiger partial charge in [-0.15, -0.1) is 0 Å². The van der Waals surface area contributed by atoms with Crippen molar-refractivity contribution in [3.05, 3.63) is 35.4 Å². The zero-order valence-electron chi connectivity index (χ0n) is 10.7. The number of aliphatic hydroxyl groups is 1. The first-order chi connectivity index (χ1) is 8.35. The molecule has 0 spiro atoms. The van der Waals surface area contributed by atoms with Crippen LogP contribution in [0, 0.1) is 5.92 Å². The molecule has 1 atom stereocenters. The molecule has 2 nitrogen and oxygen atoms in total. The molecule has 2 N–H and O–H groups in total. The molecule has 0 aromatic heterocycles. The summed E-state index contributed by atoms with van der Waals surface area (Å²) in [5.74, 6) is 0.899. The van der Waals surface area contributed by atoms with Crippen LogP contribution in [-0.4, -0.2) is 11.1 Å². The Kier molecular flexibility index (Phi) is 4.57. The van der Waals surface area contributed by atoms with Gasteiger partial charge in [-0.2, -0.15) is 0 Å². The average Bonchev–Trinajstić information content (AvgIpc) is 3.19. The van der Waals surface area contributed by atoms with E-state index < -0.39 is 0 Å². The van der Waals surface area contributed by atoms with Crippen molar-refractivity contribution in [3.8, 4) is 0 Å². The van der Waals surface area contributed by atoms with E-state index in [0.717, 1.165) is 18.0 Å². The molecule has 0 saturated heterocycles. The molecule has 1 aliphatic rings. The number of benzene rings is 1. The molecular weight excluding hydrogens is 210 g/mol. The predicted molar refractivity (Wildman–Crippen MR) is 70.6 cm³/mol. The maximum atomic E-state index is 9.28. The van der Waals surface area contributed by atoms with Gasteiger partial charge in [0.2, 0.25) is 0 Å². The van der Waals surface area contributed by atoms with Crippen molar-refractivity contribution in [2.24, 2.45) is 5.92 Å². The van der Waals surface area contributed by atoms with E-state index in [1.165, 1.54) is 31.2 Å². The van der Waals surface area contributed by atoms with Crippen molar-refractivity contribution in [2.45, 2.75) is 51.8 Å². The summed E-state index contributed by atoms with van der Waals surface area (Å²) in [6.07, 6.45) is 5.29. The van der Waals surface area contributed by atoms with E-state index >= 15 is 0 Å². The van der Waals surface area contributed by atoms with Crippen LogP contribution >= 0.6 is 0 Å². The topological polar surface area (TPSA) is 32.3 Å². The van der Waals surface area contributed by atoms with Crippen LogP contribution in [0.1, 0.15) is 43.7 Å². The Hall–Kier alpha value is -0.860. The van der Waals surface area contributed by atoms with Crippen molar-refractivity contribution in [1.29, 1.82) is 0 Å². The highest BCUT2D eigenvalue weighted by molar-refractivity contribution is 5.26. The molecule has 1 saturated carbocycles. The van der Waals surface area contributed by atoms with Crippen LogP contribution in [-0.2, 0) is 13.2 Å². The molecule has 0 amide bonds. The fourth-order valence-electron chi connectivity index (χ4n) is 2.44. The lowest BCUT2D eigenvalue weighted by molar-refractivity contribution is 0.280. The Bertz CT molecular complexity index is 347. The van der Waals surface area contributed by atoms with Crippen LogP contribution in [0.5, 0.6) is 0 Å². The smallest absolute Gasteiger partial charge is 0.0685 e. The van der Waals surface area contributed by atoms with Crippen LogP contribution in [0.3, 0.4) is 0 Å². The fraction of sp³-hybridized carbons (Fsp3) is 0.600. The highest BCUT2D eigenvalue weighted by Gasteiger charge is 2.29. The molecular formula is C15H23NO. The van der Waals surface area contributed by atoms with Crippen LogP contribution < -0.4 is 5.32 Å². The number of hydrogen-bond acceptors (Lipinski definition) is 2. The molecule has 1 aliphatic carbocycles. The van der Waals surface area contributed by atoms with E-state index in [1.807, 2.05) is 18.2 Å². The van der Waals surface area contributed by atoms with Crippen molar-refractivity contribution in [3.63, 3.8) is 0 Å². The molecule has 94 valence electrons. The second-order valence-electron chi connectivity index (χ2n) is 5.04. The zero-order chi connectivity index (χ0) is 12.1. The van der Waals surface area contributed by atoms with Gasteiger partial charge in [-0.1, -0.05) is 37.6 Å². The van der Waals surface area contributed by atoms with E-state index in [-0.39, 0.29) is 6.61 Å². The molecule has 0 bridgehead atoms. The summed E-state index contributed by atoms with van der Waals surface area (Å²) < 4.78 is 0. The molecule has 0 radical (unpaired) electrons. The summed E-state index contributed by atoms with van der Waals surface area (Å²) in [5, 5.41) is 12.9. The normalized spacial score (nSPS) is 17.1. The minimum atomic E-state index is 0.139. The predicted octanol–water partition coefficient (Wildman–Crippen LogP) is 2.85. The molecule has 1 aromatic rings. The van der Waals surface area contributed by atoms with Gasteiger partial charge in [-0.25, -0.2) is 0 Å². The third kappa shape index (κ3) is 3.55. The van der Waals surface area contributed by atoms with Crippen LogP contribution in [0.2, 0.25) is 0 Å². The first-order valence-electron chi connectivity index (χ1n) is 6.76. The van der Waals surface area contributed by atoms with E-state index in [1.54, 1.807) is 0 Å². The van der Waals surface area contributed by atoms with Gasteiger partial charge in [0.25, 0.3) is 0 Å². The Morgan fingerprint density at radius 1 is 1.29 bits per heavy atom. The summed E-state index contributed by atoms with van der Waals surface area (Å²) in [6, 6.07) is 8.81. The molecule has 2 rings (SSSR count). The monoisotopic (exact) mass is 233 g/mol. The van der Waals surface area contributed by atoms with Crippen molar-refractivity contribution in [1.82, 2.24) is 5.32 Å². The van der Waals surface area contributed by atoms with E-state index in [0.29, 0.717) is 6.04 Å². The van der Waals surface area contributed by atoms with Crippen molar-refractivity contribution in [2.75, 3.05) is 0 Å². The molecule has 1 aromatic carbocycles. The molecule has 0 aliphatic heterocycles.